The minimum absolute atomic E-state index is 0.145. The van der Waals surface area contributed by atoms with Gasteiger partial charge in [0.15, 0.2) is 0 Å². The monoisotopic (exact) mass is 564 g/mol. The van der Waals surface area contributed by atoms with Gasteiger partial charge in [0.2, 0.25) is 0 Å². The Morgan fingerprint density at radius 1 is 0.625 bits per heavy atom. The molecule has 2 aromatic rings. The van der Waals surface area contributed by atoms with Gasteiger partial charge in [0.05, 0.1) is 13.2 Å². The van der Waals surface area contributed by atoms with Gasteiger partial charge in [0.25, 0.3) is 0 Å². The van der Waals surface area contributed by atoms with E-state index < -0.39 is 7.92 Å². The molecule has 0 unspecified atom stereocenters. The van der Waals surface area contributed by atoms with Crippen LogP contribution in [0.3, 0.4) is 0 Å². The predicted molar refractivity (Wildman–Crippen MR) is 177 cm³/mol. The van der Waals surface area contributed by atoms with Crippen molar-refractivity contribution in [1.82, 2.24) is 0 Å². The number of hydrogen-bond acceptors (Lipinski definition) is 2. The third-order valence-electron chi connectivity index (χ3n) is 9.26. The summed E-state index contributed by atoms with van der Waals surface area (Å²) in [5.41, 5.74) is 8.77. The lowest BCUT2D eigenvalue weighted by atomic mass is 9.81. The van der Waals surface area contributed by atoms with E-state index in [0.29, 0.717) is 17.8 Å². The molecule has 0 aliphatic heterocycles. The van der Waals surface area contributed by atoms with Crippen molar-refractivity contribution >= 4 is 13.2 Å². The van der Waals surface area contributed by atoms with Crippen LogP contribution in [0.4, 0.5) is 0 Å². The van der Waals surface area contributed by atoms with Crippen LogP contribution in [0, 0.1) is 0 Å². The molecule has 0 amide bonds. The molecule has 2 saturated carbocycles. The average Bonchev–Trinajstić information content (AvgIpc) is 2.93. The SMILES string of the molecule is COc1ccc(OC(C)C)c(P(C2CCCCC2)C2CCCCC2)c1-c1c(C(C)C)cc(C(C)C)cc1C(C)C. The van der Waals surface area contributed by atoms with Crippen LogP contribution in [-0.4, -0.2) is 24.5 Å². The lowest BCUT2D eigenvalue weighted by Crippen LogP contribution is -2.29. The van der Waals surface area contributed by atoms with Crippen molar-refractivity contribution in [2.75, 3.05) is 7.11 Å². The van der Waals surface area contributed by atoms with Crippen LogP contribution in [0.25, 0.3) is 11.1 Å². The van der Waals surface area contributed by atoms with Crippen molar-refractivity contribution in [3.05, 3.63) is 41.0 Å². The van der Waals surface area contributed by atoms with Crippen LogP contribution >= 0.6 is 7.92 Å². The van der Waals surface area contributed by atoms with Crippen LogP contribution in [0.15, 0.2) is 24.3 Å². The maximum absolute atomic E-state index is 6.79. The van der Waals surface area contributed by atoms with E-state index in [4.69, 9.17) is 9.47 Å². The largest absolute Gasteiger partial charge is 0.496 e. The van der Waals surface area contributed by atoms with Crippen LogP contribution < -0.4 is 14.8 Å². The van der Waals surface area contributed by atoms with Gasteiger partial charge in [-0.15, -0.1) is 0 Å². The standard InChI is InChI=1S/C37H57O2P/c1-24(2)28-22-31(25(3)4)35(32(23-28)26(5)6)36-33(38-9)20-21-34(39-27(7)8)37(36)40(29-16-12-10-13-17-29)30-18-14-11-15-19-30/h20-27,29-30H,10-19H2,1-9H3. The van der Waals surface area contributed by atoms with Crippen molar-refractivity contribution in [2.24, 2.45) is 0 Å². The first-order chi connectivity index (χ1) is 19.1. The first kappa shape index (κ1) is 31.4. The predicted octanol–water partition coefficient (Wildman–Crippen LogP) is 11.3. The minimum atomic E-state index is -0.398. The zero-order valence-electron chi connectivity index (χ0n) is 27.1. The lowest BCUT2D eigenvalue weighted by molar-refractivity contribution is 0.244. The first-order valence-corrected chi connectivity index (χ1v) is 18.0. The van der Waals surface area contributed by atoms with Crippen molar-refractivity contribution in [3.63, 3.8) is 0 Å². The molecule has 4 rings (SSSR count). The van der Waals surface area contributed by atoms with Gasteiger partial charge in [-0.25, -0.2) is 0 Å². The fourth-order valence-corrected chi connectivity index (χ4v) is 11.2. The number of rotatable bonds is 10. The van der Waals surface area contributed by atoms with Crippen LogP contribution in [0.5, 0.6) is 11.5 Å². The molecule has 3 heteroatoms. The molecule has 0 aromatic heterocycles. The molecule has 2 aliphatic carbocycles. The quantitative estimate of drug-likeness (QED) is 0.267. The summed E-state index contributed by atoms with van der Waals surface area (Å²) in [5.74, 6) is 3.52. The third kappa shape index (κ3) is 6.91. The van der Waals surface area contributed by atoms with Gasteiger partial charge in [-0.05, 0) is 103 Å². The Kier molecular flexibility index (Phi) is 11.1. The summed E-state index contributed by atoms with van der Waals surface area (Å²) in [4.78, 5) is 0. The van der Waals surface area contributed by atoms with Crippen LogP contribution in [0.1, 0.15) is 154 Å². The van der Waals surface area contributed by atoms with E-state index in [1.165, 1.54) is 97.3 Å². The summed E-state index contributed by atoms with van der Waals surface area (Å²) in [6.45, 7) is 18.5. The summed E-state index contributed by atoms with van der Waals surface area (Å²) >= 11 is 0. The Bertz CT molecular complexity index is 1060. The van der Waals surface area contributed by atoms with E-state index in [-0.39, 0.29) is 6.10 Å². The minimum Gasteiger partial charge on any atom is -0.496 e. The normalized spacial score (nSPS) is 17.6. The Morgan fingerprint density at radius 2 is 1.10 bits per heavy atom. The fourth-order valence-electron chi connectivity index (χ4n) is 7.20. The molecular formula is C37H57O2P. The molecule has 2 aromatic carbocycles. The molecule has 2 nitrogen and oxygen atoms in total. The Hall–Kier alpha value is -1.53. The lowest BCUT2D eigenvalue weighted by Gasteiger charge is -2.41. The Balaban J connectivity index is 2.11. The summed E-state index contributed by atoms with van der Waals surface area (Å²) in [5, 5.41) is 1.53. The summed E-state index contributed by atoms with van der Waals surface area (Å²) < 4.78 is 13.1. The van der Waals surface area contributed by atoms with Crippen molar-refractivity contribution in [3.8, 4) is 22.6 Å². The highest BCUT2D eigenvalue weighted by Gasteiger charge is 2.38. The molecule has 0 N–H and O–H groups in total. The van der Waals surface area contributed by atoms with Gasteiger partial charge in [-0.2, -0.15) is 0 Å². The molecule has 0 atom stereocenters. The summed E-state index contributed by atoms with van der Waals surface area (Å²) in [6, 6.07) is 9.49. The number of hydrogen-bond donors (Lipinski definition) is 0. The molecule has 0 bridgehead atoms. The van der Waals surface area contributed by atoms with Crippen LogP contribution in [0.2, 0.25) is 0 Å². The van der Waals surface area contributed by atoms with Gasteiger partial charge < -0.3 is 9.47 Å². The van der Waals surface area contributed by atoms with E-state index in [2.05, 4.69) is 79.7 Å². The van der Waals surface area contributed by atoms with E-state index in [0.717, 1.165) is 22.8 Å². The first-order valence-electron chi connectivity index (χ1n) is 16.5. The third-order valence-corrected chi connectivity index (χ3v) is 12.8. The molecule has 2 aliphatic rings. The Morgan fingerprint density at radius 3 is 1.50 bits per heavy atom. The average molecular weight is 565 g/mol. The van der Waals surface area contributed by atoms with Crippen LogP contribution in [-0.2, 0) is 0 Å². The molecular weight excluding hydrogens is 507 g/mol. The number of methoxy groups -OCH3 is 1. The highest BCUT2D eigenvalue weighted by atomic mass is 31.1. The number of benzene rings is 2. The zero-order chi connectivity index (χ0) is 29.0. The van der Waals surface area contributed by atoms with Crippen molar-refractivity contribution in [2.45, 2.75) is 155 Å². The van der Waals surface area contributed by atoms with Gasteiger partial charge >= 0.3 is 0 Å². The second kappa shape index (κ2) is 14.1. The molecule has 40 heavy (non-hydrogen) atoms. The maximum atomic E-state index is 6.79. The Labute approximate surface area is 247 Å². The van der Waals surface area contributed by atoms with E-state index >= 15 is 0 Å². The van der Waals surface area contributed by atoms with Crippen molar-refractivity contribution in [1.29, 1.82) is 0 Å². The second-order valence-electron chi connectivity index (χ2n) is 13.7. The van der Waals surface area contributed by atoms with E-state index in [1.807, 2.05) is 7.11 Å². The highest BCUT2D eigenvalue weighted by Crippen LogP contribution is 2.59. The highest BCUT2D eigenvalue weighted by molar-refractivity contribution is 7.67. The summed E-state index contributed by atoms with van der Waals surface area (Å²) in [7, 11) is 1.48. The number of ether oxygens (including phenoxy) is 2. The van der Waals surface area contributed by atoms with Gasteiger partial charge in [0.1, 0.15) is 11.5 Å². The fraction of sp³-hybridized carbons (Fsp3) is 0.676. The van der Waals surface area contributed by atoms with Gasteiger partial charge in [0, 0.05) is 10.9 Å². The molecule has 0 heterocycles. The van der Waals surface area contributed by atoms with Gasteiger partial charge in [-0.3, -0.25) is 0 Å². The van der Waals surface area contributed by atoms with E-state index in [1.54, 1.807) is 0 Å². The van der Waals surface area contributed by atoms with E-state index in [9.17, 15) is 0 Å². The molecule has 0 saturated heterocycles. The van der Waals surface area contributed by atoms with Gasteiger partial charge in [-0.1, -0.05) is 100 Å². The second-order valence-corrected chi connectivity index (χ2v) is 16.4. The maximum Gasteiger partial charge on any atom is 0.128 e. The molecule has 222 valence electrons. The molecule has 2 fully saturated rings. The zero-order valence-corrected chi connectivity index (χ0v) is 28.0. The van der Waals surface area contributed by atoms with Crippen molar-refractivity contribution < 1.29 is 9.47 Å². The smallest absolute Gasteiger partial charge is 0.128 e. The summed E-state index contributed by atoms with van der Waals surface area (Å²) in [6.07, 6.45) is 14.0. The molecule has 0 radical (unpaired) electrons. The topological polar surface area (TPSA) is 18.5 Å². The molecule has 0 spiro atoms.